The molecule has 7 nitrogen and oxygen atoms in total. The Hall–Kier alpha value is -2.31. The van der Waals surface area contributed by atoms with Gasteiger partial charge in [-0.2, -0.15) is 10.2 Å². The second kappa shape index (κ2) is 5.96. The number of nitrogens with one attached hydrogen (secondary N) is 3. The van der Waals surface area contributed by atoms with Crippen LogP contribution in [0, 0.1) is 0 Å². The third-order valence-electron chi connectivity index (χ3n) is 4.13. The third-order valence-corrected chi connectivity index (χ3v) is 4.13. The van der Waals surface area contributed by atoms with E-state index in [-0.39, 0.29) is 11.6 Å². The highest BCUT2D eigenvalue weighted by Crippen LogP contribution is 2.42. The van der Waals surface area contributed by atoms with E-state index in [1.54, 1.807) is 6.20 Å². The summed E-state index contributed by atoms with van der Waals surface area (Å²) in [5, 5.41) is 17.1. The maximum atomic E-state index is 12.3. The van der Waals surface area contributed by atoms with Gasteiger partial charge in [0.05, 0.1) is 11.7 Å². The minimum atomic E-state index is -0.310. The summed E-state index contributed by atoms with van der Waals surface area (Å²) in [6.45, 7) is 10.5. The van der Waals surface area contributed by atoms with E-state index in [0.717, 1.165) is 24.1 Å². The Labute approximate surface area is 142 Å². The molecule has 1 saturated carbocycles. The first-order valence-electron chi connectivity index (χ1n) is 8.47. The van der Waals surface area contributed by atoms with Crippen molar-refractivity contribution in [3.05, 3.63) is 23.5 Å². The van der Waals surface area contributed by atoms with Crippen LogP contribution < -0.4 is 10.6 Å². The van der Waals surface area contributed by atoms with Gasteiger partial charge in [0.2, 0.25) is 0 Å². The minimum Gasteiger partial charge on any atom is -0.292 e. The molecule has 2 aromatic rings. The van der Waals surface area contributed by atoms with E-state index in [1.165, 1.54) is 0 Å². The standard InChI is InChI=1S/C17H26N6O/c1-10(2)13-8-14(22-23(13)17(3,4)5)19-16(24)20-15-12(9-18-21-15)11-6-7-11/h8-11H,6-7H2,1-5H3,(H3,18,19,20,21,22,24). The van der Waals surface area contributed by atoms with Crippen molar-refractivity contribution in [1.29, 1.82) is 0 Å². The van der Waals surface area contributed by atoms with Crippen LogP contribution in [0.4, 0.5) is 16.4 Å². The van der Waals surface area contributed by atoms with Gasteiger partial charge >= 0.3 is 6.03 Å². The molecule has 1 fully saturated rings. The Morgan fingerprint density at radius 3 is 2.58 bits per heavy atom. The number of aromatic amines is 1. The number of rotatable bonds is 4. The number of urea groups is 1. The van der Waals surface area contributed by atoms with Crippen LogP contribution in [0.1, 0.15) is 70.6 Å². The van der Waals surface area contributed by atoms with Crippen molar-refractivity contribution >= 4 is 17.7 Å². The largest absolute Gasteiger partial charge is 0.326 e. The highest BCUT2D eigenvalue weighted by atomic mass is 16.2. The predicted octanol–water partition coefficient (Wildman–Crippen LogP) is 4.01. The van der Waals surface area contributed by atoms with Crippen molar-refractivity contribution in [3.63, 3.8) is 0 Å². The number of carbonyl (C=O) groups is 1. The van der Waals surface area contributed by atoms with Crippen LogP contribution in [0.25, 0.3) is 0 Å². The van der Waals surface area contributed by atoms with Crippen LogP contribution in [0.3, 0.4) is 0 Å². The summed E-state index contributed by atoms with van der Waals surface area (Å²) in [6, 6.07) is 1.62. The topological polar surface area (TPSA) is 87.6 Å². The van der Waals surface area contributed by atoms with Gasteiger partial charge in [-0.15, -0.1) is 0 Å². The summed E-state index contributed by atoms with van der Waals surface area (Å²) in [4.78, 5) is 12.3. The quantitative estimate of drug-likeness (QED) is 0.791. The molecule has 0 aliphatic heterocycles. The summed E-state index contributed by atoms with van der Waals surface area (Å²) in [5.74, 6) is 2.07. The van der Waals surface area contributed by atoms with E-state index in [9.17, 15) is 4.79 Å². The number of H-pyrrole nitrogens is 1. The van der Waals surface area contributed by atoms with Crippen LogP contribution in [-0.2, 0) is 5.54 Å². The number of anilines is 2. The number of aromatic nitrogens is 4. The smallest absolute Gasteiger partial charge is 0.292 e. The first kappa shape index (κ1) is 16.5. The number of amides is 2. The summed E-state index contributed by atoms with van der Waals surface area (Å²) < 4.78 is 1.97. The summed E-state index contributed by atoms with van der Waals surface area (Å²) in [7, 11) is 0. The predicted molar refractivity (Wildman–Crippen MR) is 94.5 cm³/mol. The maximum Gasteiger partial charge on any atom is 0.326 e. The zero-order valence-corrected chi connectivity index (χ0v) is 15.0. The van der Waals surface area contributed by atoms with Gasteiger partial charge in [-0.05, 0) is 45.4 Å². The van der Waals surface area contributed by atoms with E-state index in [4.69, 9.17) is 0 Å². The molecular formula is C17H26N6O. The second-order valence-corrected chi connectivity index (χ2v) is 7.75. The number of hydrogen-bond acceptors (Lipinski definition) is 3. The molecule has 7 heteroatoms. The van der Waals surface area contributed by atoms with Crippen molar-refractivity contribution in [2.24, 2.45) is 0 Å². The molecular weight excluding hydrogens is 304 g/mol. The lowest BCUT2D eigenvalue weighted by molar-refractivity contribution is 0.262. The van der Waals surface area contributed by atoms with Gasteiger partial charge in [0.25, 0.3) is 0 Å². The molecule has 2 aromatic heterocycles. The molecule has 3 N–H and O–H groups in total. The molecule has 130 valence electrons. The van der Waals surface area contributed by atoms with Crippen molar-refractivity contribution < 1.29 is 4.79 Å². The zero-order valence-electron chi connectivity index (χ0n) is 15.0. The fourth-order valence-corrected chi connectivity index (χ4v) is 2.77. The van der Waals surface area contributed by atoms with Gasteiger partial charge in [-0.25, -0.2) is 4.79 Å². The summed E-state index contributed by atoms with van der Waals surface area (Å²) in [5.41, 5.74) is 2.03. The lowest BCUT2D eigenvalue weighted by atomic mass is 10.1. The zero-order chi connectivity index (χ0) is 17.5. The molecule has 0 radical (unpaired) electrons. The highest BCUT2D eigenvalue weighted by Gasteiger charge is 2.28. The average Bonchev–Trinajstić information content (AvgIpc) is 3.04. The number of carbonyl (C=O) groups excluding carboxylic acids is 1. The molecule has 24 heavy (non-hydrogen) atoms. The average molecular weight is 330 g/mol. The lowest BCUT2D eigenvalue weighted by Crippen LogP contribution is -2.26. The lowest BCUT2D eigenvalue weighted by Gasteiger charge is -2.23. The maximum absolute atomic E-state index is 12.3. The van der Waals surface area contributed by atoms with E-state index >= 15 is 0 Å². The fraction of sp³-hybridized carbons (Fsp3) is 0.588. The van der Waals surface area contributed by atoms with Crippen molar-refractivity contribution in [2.75, 3.05) is 10.6 Å². The Bertz CT molecular complexity index is 733. The van der Waals surface area contributed by atoms with Gasteiger partial charge < -0.3 is 0 Å². The molecule has 0 saturated heterocycles. The first-order valence-corrected chi connectivity index (χ1v) is 8.47. The van der Waals surface area contributed by atoms with E-state index in [0.29, 0.717) is 23.5 Å². The fourth-order valence-electron chi connectivity index (χ4n) is 2.77. The summed E-state index contributed by atoms with van der Waals surface area (Å²) in [6.07, 6.45) is 4.10. The van der Waals surface area contributed by atoms with E-state index in [2.05, 4.69) is 60.5 Å². The molecule has 0 spiro atoms. The Balaban J connectivity index is 1.73. The first-order chi connectivity index (χ1) is 11.3. The van der Waals surface area contributed by atoms with Gasteiger partial charge in [0.1, 0.15) is 5.82 Å². The Kier molecular flexibility index (Phi) is 4.11. The molecule has 1 aliphatic rings. The van der Waals surface area contributed by atoms with Crippen LogP contribution in [-0.4, -0.2) is 26.0 Å². The molecule has 0 atom stereocenters. The van der Waals surface area contributed by atoms with Crippen molar-refractivity contribution in [2.45, 2.75) is 64.8 Å². The monoisotopic (exact) mass is 330 g/mol. The second-order valence-electron chi connectivity index (χ2n) is 7.75. The molecule has 0 bridgehead atoms. The summed E-state index contributed by atoms with van der Waals surface area (Å²) >= 11 is 0. The normalized spacial score (nSPS) is 14.9. The van der Waals surface area contributed by atoms with Gasteiger partial charge in [0.15, 0.2) is 5.82 Å². The van der Waals surface area contributed by atoms with E-state index in [1.807, 2.05) is 10.7 Å². The highest BCUT2D eigenvalue weighted by molar-refractivity contribution is 5.99. The SMILES string of the molecule is CC(C)c1cc(NC(=O)Nc2[nH]ncc2C2CC2)nn1C(C)(C)C. The van der Waals surface area contributed by atoms with E-state index < -0.39 is 0 Å². The molecule has 0 aromatic carbocycles. The van der Waals surface area contributed by atoms with Crippen LogP contribution in [0.5, 0.6) is 0 Å². The van der Waals surface area contributed by atoms with Gasteiger partial charge in [-0.3, -0.25) is 20.4 Å². The van der Waals surface area contributed by atoms with Crippen molar-refractivity contribution in [3.8, 4) is 0 Å². The molecule has 2 amide bonds. The molecule has 2 heterocycles. The van der Waals surface area contributed by atoms with Crippen molar-refractivity contribution in [1.82, 2.24) is 20.0 Å². The number of nitrogens with zero attached hydrogens (tertiary/aromatic N) is 3. The number of hydrogen-bond donors (Lipinski definition) is 3. The molecule has 0 unspecified atom stereocenters. The Morgan fingerprint density at radius 1 is 1.33 bits per heavy atom. The Morgan fingerprint density at radius 2 is 2.04 bits per heavy atom. The molecule has 1 aliphatic carbocycles. The minimum absolute atomic E-state index is 0.140. The molecule has 3 rings (SSSR count). The van der Waals surface area contributed by atoms with Gasteiger partial charge in [0, 0.05) is 17.3 Å². The third kappa shape index (κ3) is 3.44. The van der Waals surface area contributed by atoms with Gasteiger partial charge in [-0.1, -0.05) is 13.8 Å². The van der Waals surface area contributed by atoms with Crippen LogP contribution in [0.15, 0.2) is 12.3 Å². The van der Waals surface area contributed by atoms with Crippen LogP contribution >= 0.6 is 0 Å². The van der Waals surface area contributed by atoms with Crippen LogP contribution in [0.2, 0.25) is 0 Å².